The van der Waals surface area contributed by atoms with Crippen molar-refractivity contribution in [1.29, 1.82) is 0 Å². The highest BCUT2D eigenvalue weighted by Gasteiger charge is 2.36. The minimum absolute atomic E-state index is 0.0910. The van der Waals surface area contributed by atoms with Gasteiger partial charge in [-0.15, -0.1) is 0 Å². The monoisotopic (exact) mass is 172 g/mol. The summed E-state index contributed by atoms with van der Waals surface area (Å²) in [5.41, 5.74) is 0.0910. The lowest BCUT2D eigenvalue weighted by atomic mass is 9.93. The number of hydrogen-bond donors (Lipinski definition) is 0. The number of unbranched alkanes of at least 4 members (excludes halogenated alkanes) is 1. The van der Waals surface area contributed by atoms with Gasteiger partial charge >= 0.3 is 0 Å². The zero-order valence-electron chi connectivity index (χ0n) is 8.27. The van der Waals surface area contributed by atoms with Crippen LogP contribution in [0, 0.1) is 0 Å². The Bertz CT molecular complexity index is 113. The van der Waals surface area contributed by atoms with Gasteiger partial charge in [-0.25, -0.2) is 0 Å². The van der Waals surface area contributed by atoms with E-state index in [-0.39, 0.29) is 5.60 Å². The van der Waals surface area contributed by atoms with Gasteiger partial charge in [0, 0.05) is 13.0 Å². The van der Waals surface area contributed by atoms with Crippen LogP contribution in [0.2, 0.25) is 0 Å². The minimum Gasteiger partial charge on any atom is -0.378 e. The lowest BCUT2D eigenvalue weighted by molar-refractivity contribution is -0.182. The summed E-state index contributed by atoms with van der Waals surface area (Å²) < 4.78 is 11.1. The lowest BCUT2D eigenvalue weighted by Crippen LogP contribution is -2.47. The molecule has 0 radical (unpaired) electrons. The molecule has 1 saturated heterocycles. The van der Waals surface area contributed by atoms with Crippen molar-refractivity contribution in [2.75, 3.05) is 19.8 Å². The molecule has 1 aliphatic heterocycles. The summed E-state index contributed by atoms with van der Waals surface area (Å²) >= 11 is 0. The molecule has 0 N–H and O–H groups in total. The van der Waals surface area contributed by atoms with E-state index < -0.39 is 0 Å². The quantitative estimate of drug-likeness (QED) is 0.573. The maximum atomic E-state index is 5.55. The van der Waals surface area contributed by atoms with Gasteiger partial charge in [-0.2, -0.15) is 0 Å². The topological polar surface area (TPSA) is 18.5 Å². The minimum atomic E-state index is 0.0910. The van der Waals surface area contributed by atoms with Crippen molar-refractivity contribution in [2.45, 2.75) is 45.1 Å². The third kappa shape index (κ3) is 2.46. The molecular weight excluding hydrogens is 152 g/mol. The molecule has 12 heavy (non-hydrogen) atoms. The normalized spacial score (nSPS) is 28.5. The van der Waals surface area contributed by atoms with E-state index in [0.29, 0.717) is 0 Å². The number of ether oxygens (including phenoxy) is 2. The molecule has 2 nitrogen and oxygen atoms in total. The Kier molecular flexibility index (Phi) is 4.02. The van der Waals surface area contributed by atoms with E-state index >= 15 is 0 Å². The zero-order valence-corrected chi connectivity index (χ0v) is 8.27. The van der Waals surface area contributed by atoms with E-state index in [2.05, 4.69) is 13.8 Å². The van der Waals surface area contributed by atoms with Crippen LogP contribution in [-0.2, 0) is 9.47 Å². The Labute approximate surface area is 75.2 Å². The van der Waals surface area contributed by atoms with Crippen LogP contribution >= 0.6 is 0 Å². The van der Waals surface area contributed by atoms with Crippen LogP contribution in [0.1, 0.15) is 39.5 Å². The Morgan fingerprint density at radius 3 is 2.58 bits per heavy atom. The van der Waals surface area contributed by atoms with E-state index in [1.165, 1.54) is 19.3 Å². The van der Waals surface area contributed by atoms with Crippen molar-refractivity contribution in [3.8, 4) is 0 Å². The predicted octanol–water partition coefficient (Wildman–Crippen LogP) is 2.37. The summed E-state index contributed by atoms with van der Waals surface area (Å²) in [5, 5.41) is 0. The number of hydrogen-bond acceptors (Lipinski definition) is 2. The molecule has 1 rings (SSSR count). The molecule has 1 fully saturated rings. The van der Waals surface area contributed by atoms with Crippen molar-refractivity contribution in [1.82, 2.24) is 0 Å². The Hall–Kier alpha value is -0.0800. The summed E-state index contributed by atoms with van der Waals surface area (Å²) in [6.45, 7) is 6.96. The molecule has 0 aromatic heterocycles. The molecule has 0 saturated carbocycles. The smallest absolute Gasteiger partial charge is 0.0934 e. The van der Waals surface area contributed by atoms with Gasteiger partial charge in [0.05, 0.1) is 18.8 Å². The first kappa shape index (κ1) is 10.0. The fourth-order valence-corrected chi connectivity index (χ4v) is 1.39. The molecule has 1 aliphatic rings. The Morgan fingerprint density at radius 2 is 2.17 bits per heavy atom. The van der Waals surface area contributed by atoms with E-state index in [0.717, 1.165) is 26.2 Å². The molecule has 1 heterocycles. The molecular formula is C10H20O2. The summed E-state index contributed by atoms with van der Waals surface area (Å²) in [7, 11) is 0. The zero-order chi connectivity index (χ0) is 8.86. The van der Waals surface area contributed by atoms with Crippen molar-refractivity contribution in [3.05, 3.63) is 0 Å². The molecule has 72 valence electrons. The molecule has 0 aromatic rings. The van der Waals surface area contributed by atoms with Crippen LogP contribution in [0.4, 0.5) is 0 Å². The van der Waals surface area contributed by atoms with Crippen LogP contribution < -0.4 is 0 Å². The maximum absolute atomic E-state index is 5.55. The van der Waals surface area contributed by atoms with Crippen LogP contribution in [0.5, 0.6) is 0 Å². The van der Waals surface area contributed by atoms with E-state index in [9.17, 15) is 0 Å². The highest BCUT2D eigenvalue weighted by Crippen LogP contribution is 2.29. The van der Waals surface area contributed by atoms with Gasteiger partial charge in [0.2, 0.25) is 0 Å². The standard InChI is InChI=1S/C10H20O2/c1-3-5-7-11-9-10(4-2)6-8-12-10/h3-9H2,1-2H3. The Balaban J connectivity index is 2.04. The summed E-state index contributed by atoms with van der Waals surface area (Å²) in [6, 6.07) is 0. The average molecular weight is 172 g/mol. The van der Waals surface area contributed by atoms with Gasteiger partial charge in [0.15, 0.2) is 0 Å². The summed E-state index contributed by atoms with van der Waals surface area (Å²) in [5.74, 6) is 0. The largest absolute Gasteiger partial charge is 0.378 e. The molecule has 1 atom stereocenters. The fourth-order valence-electron chi connectivity index (χ4n) is 1.39. The fraction of sp³-hybridized carbons (Fsp3) is 1.00. The third-order valence-corrected chi connectivity index (χ3v) is 2.62. The third-order valence-electron chi connectivity index (χ3n) is 2.62. The van der Waals surface area contributed by atoms with Crippen molar-refractivity contribution >= 4 is 0 Å². The average Bonchev–Trinajstić information content (AvgIpc) is 2.02. The lowest BCUT2D eigenvalue weighted by Gasteiger charge is -2.40. The van der Waals surface area contributed by atoms with Gasteiger partial charge < -0.3 is 9.47 Å². The van der Waals surface area contributed by atoms with Gasteiger partial charge in [-0.05, 0) is 12.8 Å². The van der Waals surface area contributed by atoms with Gasteiger partial charge in [-0.3, -0.25) is 0 Å². The second-order valence-corrected chi connectivity index (χ2v) is 3.54. The number of rotatable bonds is 6. The summed E-state index contributed by atoms with van der Waals surface area (Å²) in [4.78, 5) is 0. The van der Waals surface area contributed by atoms with Gasteiger partial charge in [0.25, 0.3) is 0 Å². The molecule has 0 amide bonds. The maximum Gasteiger partial charge on any atom is 0.0934 e. The van der Waals surface area contributed by atoms with E-state index in [1.54, 1.807) is 0 Å². The molecule has 0 aliphatic carbocycles. The first-order chi connectivity index (χ1) is 5.83. The van der Waals surface area contributed by atoms with Crippen molar-refractivity contribution in [2.24, 2.45) is 0 Å². The Morgan fingerprint density at radius 1 is 1.42 bits per heavy atom. The van der Waals surface area contributed by atoms with Gasteiger partial charge in [-0.1, -0.05) is 20.3 Å². The van der Waals surface area contributed by atoms with Crippen LogP contribution in [0.25, 0.3) is 0 Å². The molecule has 0 spiro atoms. The van der Waals surface area contributed by atoms with E-state index in [1.807, 2.05) is 0 Å². The van der Waals surface area contributed by atoms with E-state index in [4.69, 9.17) is 9.47 Å². The molecule has 1 unspecified atom stereocenters. The van der Waals surface area contributed by atoms with Crippen molar-refractivity contribution in [3.63, 3.8) is 0 Å². The summed E-state index contributed by atoms with van der Waals surface area (Å²) in [6.07, 6.45) is 4.63. The molecule has 2 heteroatoms. The molecule has 0 aromatic carbocycles. The first-order valence-electron chi connectivity index (χ1n) is 5.05. The highest BCUT2D eigenvalue weighted by atomic mass is 16.6. The van der Waals surface area contributed by atoms with Crippen LogP contribution in [-0.4, -0.2) is 25.4 Å². The predicted molar refractivity (Wildman–Crippen MR) is 49.3 cm³/mol. The highest BCUT2D eigenvalue weighted by molar-refractivity contribution is 4.85. The molecule has 0 bridgehead atoms. The van der Waals surface area contributed by atoms with Crippen LogP contribution in [0.15, 0.2) is 0 Å². The second kappa shape index (κ2) is 4.83. The van der Waals surface area contributed by atoms with Gasteiger partial charge in [0.1, 0.15) is 0 Å². The second-order valence-electron chi connectivity index (χ2n) is 3.54. The van der Waals surface area contributed by atoms with Crippen LogP contribution in [0.3, 0.4) is 0 Å². The first-order valence-corrected chi connectivity index (χ1v) is 5.05. The SMILES string of the molecule is CCCCOCC1(CC)CCO1. The van der Waals surface area contributed by atoms with Crippen molar-refractivity contribution < 1.29 is 9.47 Å².